The molecular weight excluding hydrogens is 480 g/mol. The lowest BCUT2D eigenvalue weighted by atomic mass is 9.81. The third kappa shape index (κ3) is 23.8. The maximum absolute atomic E-state index is 11.1. The van der Waals surface area contributed by atoms with E-state index in [2.05, 4.69) is 41.5 Å². The van der Waals surface area contributed by atoms with E-state index in [-0.39, 0.29) is 12.0 Å². The van der Waals surface area contributed by atoms with Gasteiger partial charge >= 0.3 is 5.97 Å². The first kappa shape index (κ1) is 38.4. The Balaban J connectivity index is 3.78. The van der Waals surface area contributed by atoms with Gasteiger partial charge in [0.2, 0.25) is 0 Å². The summed E-state index contributed by atoms with van der Waals surface area (Å²) in [5, 5.41) is 19.9. The molecule has 0 bridgehead atoms. The number of carboxylic acids is 1. The highest BCUT2D eigenvalue weighted by atomic mass is 16.4. The topological polar surface area (TPSA) is 57.5 Å². The van der Waals surface area contributed by atoms with Crippen LogP contribution in [0.5, 0.6) is 0 Å². The number of rotatable bonds is 28. The molecule has 0 aliphatic rings. The number of aliphatic carboxylic acids is 1. The number of hydrogen-bond acceptors (Lipinski definition) is 2. The largest absolute Gasteiger partial charge is 0.481 e. The summed E-state index contributed by atoms with van der Waals surface area (Å²) in [6, 6.07) is 0. The van der Waals surface area contributed by atoms with Gasteiger partial charge in [0.25, 0.3) is 0 Å². The second-order valence-electron chi connectivity index (χ2n) is 14.1. The zero-order valence-electron chi connectivity index (χ0n) is 27.7. The van der Waals surface area contributed by atoms with E-state index < -0.39 is 5.97 Å². The highest BCUT2D eigenvalue weighted by molar-refractivity contribution is 5.69. The standard InChI is InChI=1S/C36H72O3/c1-8-9-10-11-12-13-14-15-16-17-18-19-20-21-22-23-35(37)33(6)27-31(4)25-29(2)24-30(3)26-32(5)28-34(7)36(38)39/h29-35,37H,8-28H2,1-7H3,(H,38,39)/t29-,30+,31-,32+,33-,34+,35?/m1/s1. The van der Waals surface area contributed by atoms with Gasteiger partial charge in [0, 0.05) is 0 Å². The van der Waals surface area contributed by atoms with Crippen LogP contribution in [0.4, 0.5) is 0 Å². The Kier molecular flexibility index (Phi) is 24.8. The van der Waals surface area contributed by atoms with Gasteiger partial charge in [-0.25, -0.2) is 0 Å². The molecule has 0 aromatic heterocycles. The van der Waals surface area contributed by atoms with Crippen molar-refractivity contribution in [1.82, 2.24) is 0 Å². The summed E-state index contributed by atoms with van der Waals surface area (Å²) in [4.78, 5) is 11.1. The summed E-state index contributed by atoms with van der Waals surface area (Å²) < 4.78 is 0. The molecule has 2 N–H and O–H groups in total. The first-order valence-electron chi connectivity index (χ1n) is 17.5. The molecule has 0 amide bonds. The van der Waals surface area contributed by atoms with E-state index in [0.29, 0.717) is 29.6 Å². The summed E-state index contributed by atoms with van der Waals surface area (Å²) in [6.07, 6.45) is 27.0. The number of carboxylic acid groups (broad SMARTS) is 1. The average molecular weight is 553 g/mol. The average Bonchev–Trinajstić information content (AvgIpc) is 2.85. The molecule has 234 valence electrons. The first-order valence-corrected chi connectivity index (χ1v) is 17.5. The van der Waals surface area contributed by atoms with Crippen molar-refractivity contribution in [3.63, 3.8) is 0 Å². The molecule has 7 atom stereocenters. The third-order valence-electron chi connectivity index (χ3n) is 9.13. The van der Waals surface area contributed by atoms with Crippen molar-refractivity contribution in [3.05, 3.63) is 0 Å². The molecule has 0 radical (unpaired) electrons. The Morgan fingerprint density at radius 3 is 1.23 bits per heavy atom. The normalized spacial score (nSPS) is 17.3. The van der Waals surface area contributed by atoms with Crippen molar-refractivity contribution in [1.29, 1.82) is 0 Å². The Morgan fingerprint density at radius 1 is 0.513 bits per heavy atom. The molecule has 0 rings (SSSR count). The lowest BCUT2D eigenvalue weighted by Gasteiger charge is -2.26. The molecule has 0 fully saturated rings. The maximum Gasteiger partial charge on any atom is 0.306 e. The fraction of sp³-hybridized carbons (Fsp3) is 0.972. The highest BCUT2D eigenvalue weighted by Crippen LogP contribution is 2.29. The van der Waals surface area contributed by atoms with E-state index in [9.17, 15) is 9.90 Å². The van der Waals surface area contributed by atoms with E-state index in [1.165, 1.54) is 109 Å². The van der Waals surface area contributed by atoms with Crippen LogP contribution in [0.2, 0.25) is 0 Å². The van der Waals surface area contributed by atoms with Crippen LogP contribution in [-0.2, 0) is 4.79 Å². The minimum absolute atomic E-state index is 0.152. The summed E-state index contributed by atoms with van der Waals surface area (Å²) in [7, 11) is 0. The van der Waals surface area contributed by atoms with Gasteiger partial charge in [-0.15, -0.1) is 0 Å². The molecule has 3 heteroatoms. The second-order valence-corrected chi connectivity index (χ2v) is 14.1. The Hall–Kier alpha value is -0.570. The molecular formula is C36H72O3. The lowest BCUT2D eigenvalue weighted by Crippen LogP contribution is -2.21. The zero-order chi connectivity index (χ0) is 29.5. The summed E-state index contributed by atoms with van der Waals surface area (Å²) >= 11 is 0. The van der Waals surface area contributed by atoms with Crippen LogP contribution >= 0.6 is 0 Å². The van der Waals surface area contributed by atoms with Gasteiger partial charge in [0.1, 0.15) is 0 Å². The van der Waals surface area contributed by atoms with Gasteiger partial charge < -0.3 is 10.2 Å². The molecule has 1 unspecified atom stereocenters. The monoisotopic (exact) mass is 553 g/mol. The Bertz CT molecular complexity index is 547. The van der Waals surface area contributed by atoms with Crippen molar-refractivity contribution in [3.8, 4) is 0 Å². The molecule has 0 aromatic carbocycles. The number of aliphatic hydroxyl groups excluding tert-OH is 1. The quantitative estimate of drug-likeness (QED) is 0.0949. The van der Waals surface area contributed by atoms with Crippen LogP contribution in [0.1, 0.15) is 183 Å². The van der Waals surface area contributed by atoms with Crippen LogP contribution in [0.3, 0.4) is 0 Å². The smallest absolute Gasteiger partial charge is 0.306 e. The maximum atomic E-state index is 11.1. The summed E-state index contributed by atoms with van der Waals surface area (Å²) in [6.45, 7) is 15.6. The van der Waals surface area contributed by atoms with Crippen molar-refractivity contribution in [2.45, 2.75) is 189 Å². The predicted octanol–water partition coefficient (Wildman–Crippen LogP) is 11.5. The fourth-order valence-electron chi connectivity index (χ4n) is 6.95. The van der Waals surface area contributed by atoms with E-state index in [0.717, 1.165) is 25.7 Å². The van der Waals surface area contributed by atoms with Crippen molar-refractivity contribution in [2.75, 3.05) is 0 Å². The van der Waals surface area contributed by atoms with Gasteiger partial charge in [-0.2, -0.15) is 0 Å². The van der Waals surface area contributed by atoms with Crippen LogP contribution < -0.4 is 0 Å². The van der Waals surface area contributed by atoms with Crippen molar-refractivity contribution in [2.24, 2.45) is 35.5 Å². The molecule has 0 aliphatic heterocycles. The summed E-state index contributed by atoms with van der Waals surface area (Å²) in [5.41, 5.74) is 0. The molecule has 0 saturated carbocycles. The number of carbonyl (C=O) groups is 1. The summed E-state index contributed by atoms with van der Waals surface area (Å²) in [5.74, 6) is 1.89. The van der Waals surface area contributed by atoms with Crippen LogP contribution in [-0.4, -0.2) is 22.3 Å². The molecule has 0 heterocycles. The van der Waals surface area contributed by atoms with Crippen LogP contribution in [0.25, 0.3) is 0 Å². The molecule has 0 saturated heterocycles. The minimum Gasteiger partial charge on any atom is -0.481 e. The number of unbranched alkanes of at least 4 members (excludes halogenated alkanes) is 14. The fourth-order valence-corrected chi connectivity index (χ4v) is 6.95. The van der Waals surface area contributed by atoms with Gasteiger partial charge in [0.05, 0.1) is 12.0 Å². The van der Waals surface area contributed by atoms with E-state index in [1.807, 2.05) is 6.92 Å². The molecule has 39 heavy (non-hydrogen) atoms. The Morgan fingerprint density at radius 2 is 0.846 bits per heavy atom. The van der Waals surface area contributed by atoms with Crippen molar-refractivity contribution >= 4 is 5.97 Å². The van der Waals surface area contributed by atoms with Gasteiger partial charge in [0.15, 0.2) is 0 Å². The van der Waals surface area contributed by atoms with Gasteiger partial charge in [-0.3, -0.25) is 4.79 Å². The number of aliphatic hydroxyl groups is 1. The SMILES string of the molecule is CCCCCCCCCCCCCCCCCC(O)[C@H](C)C[C@H](C)C[C@H](C)C[C@H](C)C[C@H](C)C[C@H](C)C(=O)O. The van der Waals surface area contributed by atoms with E-state index in [1.54, 1.807) is 0 Å². The molecule has 3 nitrogen and oxygen atoms in total. The second kappa shape index (κ2) is 25.2. The third-order valence-corrected chi connectivity index (χ3v) is 9.13. The van der Waals surface area contributed by atoms with Gasteiger partial charge in [-0.05, 0) is 68.1 Å². The highest BCUT2D eigenvalue weighted by Gasteiger charge is 2.21. The Labute approximate surface area is 245 Å². The van der Waals surface area contributed by atoms with Crippen LogP contribution in [0.15, 0.2) is 0 Å². The van der Waals surface area contributed by atoms with Crippen LogP contribution in [0, 0.1) is 35.5 Å². The molecule has 0 aromatic rings. The predicted molar refractivity (Wildman–Crippen MR) is 171 cm³/mol. The lowest BCUT2D eigenvalue weighted by molar-refractivity contribution is -0.141. The number of hydrogen-bond donors (Lipinski definition) is 2. The van der Waals surface area contributed by atoms with Crippen molar-refractivity contribution < 1.29 is 15.0 Å². The van der Waals surface area contributed by atoms with E-state index >= 15 is 0 Å². The molecule has 0 aliphatic carbocycles. The van der Waals surface area contributed by atoms with Gasteiger partial charge in [-0.1, -0.05) is 145 Å². The minimum atomic E-state index is -0.674. The van der Waals surface area contributed by atoms with E-state index in [4.69, 9.17) is 5.11 Å². The zero-order valence-corrected chi connectivity index (χ0v) is 27.7. The molecule has 0 spiro atoms. The first-order chi connectivity index (χ1) is 18.6.